The zero-order valence-electron chi connectivity index (χ0n) is 33.0. The first-order valence-electron chi connectivity index (χ1n) is 19.6. The predicted molar refractivity (Wildman–Crippen MR) is 220 cm³/mol. The zero-order chi connectivity index (χ0) is 37.3. The quantitative estimate of drug-likeness (QED) is 0.0912. The van der Waals surface area contributed by atoms with Crippen molar-refractivity contribution in [3.05, 3.63) is 131 Å². The molecule has 5 nitrogen and oxygen atoms in total. The molecule has 4 aromatic carbocycles. The number of hydrogen-bond acceptors (Lipinski definition) is 3. The van der Waals surface area contributed by atoms with Gasteiger partial charge in [-0.2, -0.15) is 11.2 Å². The maximum absolute atomic E-state index is 6.76. The van der Waals surface area contributed by atoms with Crippen LogP contribution in [-0.2, 0) is 57.9 Å². The topological polar surface area (TPSA) is 44.9 Å². The van der Waals surface area contributed by atoms with Crippen molar-refractivity contribution >= 4 is 21.8 Å². The fourth-order valence-corrected chi connectivity index (χ4v) is 7.67. The average molecular weight is 807 g/mol. The van der Waals surface area contributed by atoms with E-state index in [2.05, 4.69) is 150 Å². The molecule has 6 heteroatoms. The van der Waals surface area contributed by atoms with Crippen LogP contribution in [0.4, 0.5) is 0 Å². The van der Waals surface area contributed by atoms with Gasteiger partial charge >= 0.3 is 20.4 Å². The molecule has 0 saturated heterocycles. The van der Waals surface area contributed by atoms with Crippen molar-refractivity contribution in [3.63, 3.8) is 0 Å². The van der Waals surface area contributed by atoms with E-state index < -0.39 is 0 Å². The molecule has 0 aliphatic rings. The summed E-state index contributed by atoms with van der Waals surface area (Å²) in [6.07, 6.45) is 8.91. The van der Waals surface area contributed by atoms with Gasteiger partial charge in [-0.1, -0.05) is 104 Å². The number of para-hydroxylation sites is 1. The Morgan fingerprint density at radius 1 is 0.722 bits per heavy atom. The maximum Gasteiger partial charge on any atom is 2.00 e. The summed E-state index contributed by atoms with van der Waals surface area (Å²) in [5.41, 5.74) is 12.9. The molecular formula is C48H52N4OPd. The molecule has 3 heterocycles. The third kappa shape index (κ3) is 7.44. The number of fused-ring (bicyclic) bond motifs is 3. The Morgan fingerprint density at radius 3 is 2.17 bits per heavy atom. The molecule has 0 amide bonds. The minimum absolute atomic E-state index is 0. The van der Waals surface area contributed by atoms with Crippen molar-refractivity contribution in [2.45, 2.75) is 106 Å². The molecule has 280 valence electrons. The summed E-state index contributed by atoms with van der Waals surface area (Å²) in [5, 5.41) is 7.60. The molecule has 0 radical (unpaired) electrons. The summed E-state index contributed by atoms with van der Waals surface area (Å²) in [4.78, 5) is 4.85. The Labute approximate surface area is 335 Å². The normalized spacial score (nSPS) is 11.7. The van der Waals surface area contributed by atoms with Gasteiger partial charge in [0.1, 0.15) is 5.82 Å². The van der Waals surface area contributed by atoms with Gasteiger partial charge in [0, 0.05) is 34.5 Å². The SMILES string of the molecule is CCCCc1ccnc(-n2c3[c-]c(Oc4[c-]c(-n5nc(CC)c(-c6c(CC)cccc6CC)c5CC)cc(C(C)(C)C)c4)ccc3c3ccccc32)c1.[Pd+2]. The molecule has 7 rings (SSSR count). The molecule has 3 aromatic heterocycles. The van der Waals surface area contributed by atoms with Crippen LogP contribution in [0.2, 0.25) is 0 Å². The number of nitrogens with zero attached hydrogens (tertiary/aromatic N) is 4. The van der Waals surface area contributed by atoms with Crippen LogP contribution in [0.3, 0.4) is 0 Å². The van der Waals surface area contributed by atoms with Gasteiger partial charge in [-0.15, -0.1) is 41.3 Å². The zero-order valence-corrected chi connectivity index (χ0v) is 34.6. The summed E-state index contributed by atoms with van der Waals surface area (Å²) in [6, 6.07) is 35.4. The first-order chi connectivity index (χ1) is 25.7. The number of hydrogen-bond donors (Lipinski definition) is 0. The molecule has 54 heavy (non-hydrogen) atoms. The molecule has 0 atom stereocenters. The second-order valence-electron chi connectivity index (χ2n) is 15.1. The molecule has 0 saturated carbocycles. The molecule has 0 spiro atoms. The van der Waals surface area contributed by atoms with Gasteiger partial charge in [0.2, 0.25) is 0 Å². The molecule has 0 unspecified atom stereocenters. The van der Waals surface area contributed by atoms with E-state index in [0.717, 1.165) is 84.1 Å². The van der Waals surface area contributed by atoms with Crippen LogP contribution in [0.5, 0.6) is 11.5 Å². The van der Waals surface area contributed by atoms with Gasteiger partial charge in [0.25, 0.3) is 0 Å². The van der Waals surface area contributed by atoms with Crippen molar-refractivity contribution in [3.8, 4) is 34.1 Å². The minimum atomic E-state index is -0.128. The summed E-state index contributed by atoms with van der Waals surface area (Å²) in [5.74, 6) is 2.17. The van der Waals surface area contributed by atoms with Crippen molar-refractivity contribution in [2.75, 3.05) is 0 Å². The first kappa shape index (κ1) is 39.2. The monoisotopic (exact) mass is 806 g/mol. The largest absolute Gasteiger partial charge is 2.00 e. The summed E-state index contributed by atoms with van der Waals surface area (Å²) < 4.78 is 11.1. The number of aryl methyl sites for hydroxylation is 4. The van der Waals surface area contributed by atoms with E-state index in [1.165, 1.54) is 38.9 Å². The van der Waals surface area contributed by atoms with Crippen LogP contribution in [-0.4, -0.2) is 19.3 Å². The molecule has 0 aliphatic carbocycles. The summed E-state index contributed by atoms with van der Waals surface area (Å²) >= 11 is 0. The standard InChI is InChI=1S/C48H52N4O.Pd/c1-9-14-18-32-25-26-49-45(27-32)51-43-22-16-15-21-39(43)40-24-23-37(31-44(40)51)53-38-29-35(48(6,7)8)28-36(30-38)52-42(13-5)47(41(12-4)50-52)46-33(10-2)19-17-20-34(46)11-3;/h15-17,19-29H,9-14,18H2,1-8H3;/q-2;+2. The maximum atomic E-state index is 6.76. The van der Waals surface area contributed by atoms with Gasteiger partial charge in [0.15, 0.2) is 0 Å². The van der Waals surface area contributed by atoms with E-state index in [4.69, 9.17) is 14.8 Å². The number of rotatable bonds is 12. The minimum Gasteiger partial charge on any atom is -0.509 e. The molecule has 0 N–H and O–H groups in total. The van der Waals surface area contributed by atoms with Crippen LogP contribution in [0, 0.1) is 12.1 Å². The van der Waals surface area contributed by atoms with E-state index in [0.29, 0.717) is 11.5 Å². The van der Waals surface area contributed by atoms with Crippen molar-refractivity contribution in [1.29, 1.82) is 0 Å². The summed E-state index contributed by atoms with van der Waals surface area (Å²) in [7, 11) is 0. The molecule has 0 bridgehead atoms. The van der Waals surface area contributed by atoms with E-state index in [1.54, 1.807) is 0 Å². The summed E-state index contributed by atoms with van der Waals surface area (Å²) in [6.45, 7) is 17.9. The van der Waals surface area contributed by atoms with Crippen molar-refractivity contribution < 1.29 is 25.2 Å². The smallest absolute Gasteiger partial charge is 0.509 e. The molecule has 0 aliphatic heterocycles. The van der Waals surface area contributed by atoms with Gasteiger partial charge in [-0.05, 0) is 95.5 Å². The Morgan fingerprint density at radius 2 is 1.48 bits per heavy atom. The van der Waals surface area contributed by atoms with Crippen LogP contribution >= 0.6 is 0 Å². The fourth-order valence-electron chi connectivity index (χ4n) is 7.67. The Balaban J connectivity index is 0.00000497. The predicted octanol–water partition coefficient (Wildman–Crippen LogP) is 12.3. The van der Waals surface area contributed by atoms with Crippen LogP contribution in [0.15, 0.2) is 85.1 Å². The molecule has 0 fully saturated rings. The second kappa shape index (κ2) is 16.5. The number of pyridine rings is 1. The number of aromatic nitrogens is 4. The number of unbranched alkanes of at least 4 members (excludes halogenated alkanes) is 1. The first-order valence-corrected chi connectivity index (χ1v) is 19.6. The van der Waals surface area contributed by atoms with E-state index in [1.807, 2.05) is 12.3 Å². The third-order valence-corrected chi connectivity index (χ3v) is 10.5. The fraction of sp³-hybridized carbons (Fsp3) is 0.333. The molecule has 7 aromatic rings. The van der Waals surface area contributed by atoms with E-state index in [-0.39, 0.29) is 25.8 Å². The Bertz CT molecular complexity index is 2390. The van der Waals surface area contributed by atoms with Crippen molar-refractivity contribution in [1.82, 2.24) is 19.3 Å². The van der Waals surface area contributed by atoms with Crippen LogP contribution in [0.1, 0.15) is 102 Å². The van der Waals surface area contributed by atoms with Crippen molar-refractivity contribution in [2.24, 2.45) is 0 Å². The average Bonchev–Trinajstić information content (AvgIpc) is 3.71. The van der Waals surface area contributed by atoms with Gasteiger partial charge in [-0.25, -0.2) is 4.98 Å². The van der Waals surface area contributed by atoms with Gasteiger partial charge in [0.05, 0.1) is 5.69 Å². The van der Waals surface area contributed by atoms with E-state index in [9.17, 15) is 0 Å². The van der Waals surface area contributed by atoms with Crippen LogP contribution < -0.4 is 4.74 Å². The van der Waals surface area contributed by atoms with Gasteiger partial charge in [-0.3, -0.25) is 4.68 Å². The number of ether oxygens (including phenoxy) is 1. The molecular weight excluding hydrogens is 755 g/mol. The van der Waals surface area contributed by atoms with E-state index >= 15 is 0 Å². The van der Waals surface area contributed by atoms with Gasteiger partial charge < -0.3 is 9.30 Å². The van der Waals surface area contributed by atoms with Crippen LogP contribution in [0.25, 0.3) is 44.4 Å². The number of benzene rings is 4. The Hall–Kier alpha value is -4.50. The third-order valence-electron chi connectivity index (χ3n) is 10.5. The Kier molecular flexibility index (Phi) is 12.0. The second-order valence-corrected chi connectivity index (χ2v) is 15.1.